The molecule has 0 aliphatic carbocycles. The van der Waals surface area contributed by atoms with E-state index >= 15 is 0 Å². The normalized spacial score (nSPS) is 10.4. The summed E-state index contributed by atoms with van der Waals surface area (Å²) in [5.41, 5.74) is 1.83. The second kappa shape index (κ2) is 4.70. The molecule has 1 heterocycles. The largest absolute Gasteiger partial charge is 0.495 e. The summed E-state index contributed by atoms with van der Waals surface area (Å²) < 4.78 is 9.82. The van der Waals surface area contributed by atoms with Crippen molar-refractivity contribution in [3.63, 3.8) is 0 Å². The second-order valence-corrected chi connectivity index (χ2v) is 4.03. The number of halogens is 1. The lowest BCUT2D eigenvalue weighted by Gasteiger charge is -2.09. The minimum absolute atomic E-state index is 0.233. The fourth-order valence-electron chi connectivity index (χ4n) is 1.62. The van der Waals surface area contributed by atoms with Crippen LogP contribution in [0, 0.1) is 6.92 Å². The Morgan fingerprint density at radius 3 is 2.78 bits per heavy atom. The van der Waals surface area contributed by atoms with Crippen LogP contribution in [0.3, 0.4) is 0 Å². The lowest BCUT2D eigenvalue weighted by atomic mass is 10.0. The van der Waals surface area contributed by atoms with Crippen LogP contribution in [-0.2, 0) is 0 Å². The summed E-state index contributed by atoms with van der Waals surface area (Å²) in [7, 11) is 1.51. The van der Waals surface area contributed by atoms with Crippen molar-refractivity contribution >= 4 is 17.6 Å². The number of benzene rings is 1. The maximum atomic E-state index is 10.7. The highest BCUT2D eigenvalue weighted by atomic mass is 35.5. The van der Waals surface area contributed by atoms with Gasteiger partial charge in [0.25, 0.3) is 0 Å². The maximum absolute atomic E-state index is 10.7. The summed E-state index contributed by atoms with van der Waals surface area (Å²) in [6.45, 7) is 1.84. The third kappa shape index (κ3) is 2.04. The van der Waals surface area contributed by atoms with Gasteiger partial charge in [0.05, 0.1) is 12.1 Å². The van der Waals surface area contributed by atoms with Gasteiger partial charge in [0.2, 0.25) is 5.76 Å². The summed E-state index contributed by atoms with van der Waals surface area (Å²) in [6, 6.07) is 4.88. The molecule has 2 rings (SSSR count). The van der Waals surface area contributed by atoms with Crippen LogP contribution in [0.1, 0.15) is 16.1 Å². The molecule has 0 unspecified atom stereocenters. The van der Waals surface area contributed by atoms with Gasteiger partial charge in [0.15, 0.2) is 0 Å². The summed E-state index contributed by atoms with van der Waals surface area (Å²) in [4.78, 5) is 10.7. The zero-order valence-electron chi connectivity index (χ0n) is 9.73. The summed E-state index contributed by atoms with van der Waals surface area (Å²) in [5, 5.41) is 12.9. The smallest absolute Gasteiger partial charge is 0.374 e. The fraction of sp³-hybridized carbons (Fsp3) is 0.167. The fourth-order valence-corrected chi connectivity index (χ4v) is 2.01. The minimum Gasteiger partial charge on any atom is -0.495 e. The van der Waals surface area contributed by atoms with Crippen molar-refractivity contribution in [3.05, 3.63) is 34.5 Å². The van der Waals surface area contributed by atoms with E-state index in [0.29, 0.717) is 22.0 Å². The summed E-state index contributed by atoms with van der Waals surface area (Å²) >= 11 is 6.18. The number of aromatic carboxylic acids is 1. The molecule has 1 N–H and O–H groups in total. The van der Waals surface area contributed by atoms with Gasteiger partial charge in [0, 0.05) is 11.6 Å². The summed E-state index contributed by atoms with van der Waals surface area (Å²) in [5.74, 6) is -0.911. The molecule has 0 saturated heterocycles. The Morgan fingerprint density at radius 1 is 1.50 bits per heavy atom. The Balaban J connectivity index is 2.58. The van der Waals surface area contributed by atoms with Gasteiger partial charge >= 0.3 is 5.97 Å². The van der Waals surface area contributed by atoms with Crippen molar-refractivity contribution in [1.29, 1.82) is 0 Å². The van der Waals surface area contributed by atoms with Gasteiger partial charge in [-0.3, -0.25) is 0 Å². The number of hydrogen-bond acceptors (Lipinski definition) is 4. The van der Waals surface area contributed by atoms with Crippen LogP contribution >= 0.6 is 11.6 Å². The third-order valence-corrected chi connectivity index (χ3v) is 2.89. The number of carboxylic acid groups (broad SMARTS) is 1. The standard InChI is InChI=1S/C12H10ClNO4/c1-6-3-4-8(17-2)11(13)10(6)7-5-9(12(15)16)18-14-7/h3-5H,1-2H3,(H,15,16). The lowest BCUT2D eigenvalue weighted by Crippen LogP contribution is -1.92. The van der Waals surface area contributed by atoms with E-state index in [1.54, 1.807) is 6.07 Å². The molecule has 18 heavy (non-hydrogen) atoms. The van der Waals surface area contributed by atoms with Gasteiger partial charge in [-0.05, 0) is 18.6 Å². The van der Waals surface area contributed by atoms with Crippen molar-refractivity contribution in [3.8, 4) is 17.0 Å². The van der Waals surface area contributed by atoms with Crippen LogP contribution in [0.15, 0.2) is 22.7 Å². The molecule has 0 fully saturated rings. The van der Waals surface area contributed by atoms with Crippen LogP contribution in [0.2, 0.25) is 5.02 Å². The zero-order chi connectivity index (χ0) is 13.3. The number of aromatic nitrogens is 1. The average molecular weight is 268 g/mol. The highest BCUT2D eigenvalue weighted by Gasteiger charge is 2.18. The Hall–Kier alpha value is -2.01. The van der Waals surface area contributed by atoms with Crippen LogP contribution in [0.25, 0.3) is 11.3 Å². The third-order valence-electron chi connectivity index (χ3n) is 2.51. The van der Waals surface area contributed by atoms with Gasteiger partial charge in [-0.1, -0.05) is 22.8 Å². The van der Waals surface area contributed by atoms with Crippen LogP contribution in [0.4, 0.5) is 0 Å². The maximum Gasteiger partial charge on any atom is 0.374 e. The first kappa shape index (κ1) is 12.4. The topological polar surface area (TPSA) is 72.6 Å². The molecule has 0 aliphatic rings. The predicted molar refractivity (Wildman–Crippen MR) is 65.2 cm³/mol. The molecule has 0 spiro atoms. The first-order valence-corrected chi connectivity index (χ1v) is 5.46. The molecular weight excluding hydrogens is 258 g/mol. The number of ether oxygens (including phenoxy) is 1. The summed E-state index contributed by atoms with van der Waals surface area (Å²) in [6.07, 6.45) is 0. The number of carbonyl (C=O) groups is 1. The van der Waals surface area contributed by atoms with Crippen LogP contribution in [-0.4, -0.2) is 23.3 Å². The molecule has 0 aliphatic heterocycles. The first-order valence-electron chi connectivity index (χ1n) is 5.08. The second-order valence-electron chi connectivity index (χ2n) is 3.66. The SMILES string of the molecule is COc1ccc(C)c(-c2cc(C(=O)O)on2)c1Cl. The average Bonchev–Trinajstić information content (AvgIpc) is 2.79. The van der Waals surface area contributed by atoms with E-state index in [9.17, 15) is 4.79 Å². The number of nitrogens with zero attached hydrogens (tertiary/aromatic N) is 1. The molecule has 0 radical (unpaired) electrons. The highest BCUT2D eigenvalue weighted by molar-refractivity contribution is 6.35. The Morgan fingerprint density at radius 2 is 2.22 bits per heavy atom. The van der Waals surface area contributed by atoms with E-state index in [2.05, 4.69) is 5.16 Å². The zero-order valence-corrected chi connectivity index (χ0v) is 10.5. The quantitative estimate of drug-likeness (QED) is 0.925. The van der Waals surface area contributed by atoms with Gasteiger partial charge < -0.3 is 14.4 Å². The molecule has 2 aromatic rings. The van der Waals surface area contributed by atoms with E-state index in [0.717, 1.165) is 5.56 Å². The van der Waals surface area contributed by atoms with E-state index in [1.165, 1.54) is 13.2 Å². The van der Waals surface area contributed by atoms with Crippen LogP contribution in [0.5, 0.6) is 5.75 Å². The monoisotopic (exact) mass is 267 g/mol. The number of aryl methyl sites for hydroxylation is 1. The van der Waals surface area contributed by atoms with E-state index in [4.69, 9.17) is 26.0 Å². The molecule has 0 amide bonds. The number of methoxy groups -OCH3 is 1. The van der Waals surface area contributed by atoms with Crippen molar-refractivity contribution in [2.45, 2.75) is 6.92 Å². The predicted octanol–water partition coefficient (Wildman–Crippen LogP) is 3.01. The van der Waals surface area contributed by atoms with Crippen molar-refractivity contribution < 1.29 is 19.2 Å². The number of carboxylic acids is 1. The number of rotatable bonds is 3. The Labute approximate surface area is 108 Å². The van der Waals surface area contributed by atoms with Crippen molar-refractivity contribution in [1.82, 2.24) is 5.16 Å². The van der Waals surface area contributed by atoms with E-state index in [1.807, 2.05) is 13.0 Å². The van der Waals surface area contributed by atoms with Gasteiger partial charge in [0.1, 0.15) is 11.4 Å². The minimum atomic E-state index is -1.18. The molecule has 1 aromatic carbocycles. The molecule has 6 heteroatoms. The molecule has 0 atom stereocenters. The lowest BCUT2D eigenvalue weighted by molar-refractivity contribution is 0.0652. The van der Waals surface area contributed by atoms with E-state index < -0.39 is 5.97 Å². The molecule has 5 nitrogen and oxygen atoms in total. The molecule has 94 valence electrons. The molecular formula is C12H10ClNO4. The van der Waals surface area contributed by atoms with Crippen molar-refractivity contribution in [2.75, 3.05) is 7.11 Å². The van der Waals surface area contributed by atoms with Gasteiger partial charge in [-0.15, -0.1) is 0 Å². The first-order chi connectivity index (χ1) is 8.54. The van der Waals surface area contributed by atoms with Crippen molar-refractivity contribution in [2.24, 2.45) is 0 Å². The van der Waals surface area contributed by atoms with Gasteiger partial charge in [-0.25, -0.2) is 4.79 Å². The molecule has 0 bridgehead atoms. The molecule has 0 saturated carbocycles. The molecule has 1 aromatic heterocycles. The van der Waals surface area contributed by atoms with Gasteiger partial charge in [-0.2, -0.15) is 0 Å². The Kier molecular flexibility index (Phi) is 3.25. The number of hydrogen-bond donors (Lipinski definition) is 1. The Bertz CT molecular complexity index is 606. The van der Waals surface area contributed by atoms with E-state index in [-0.39, 0.29) is 5.76 Å². The van der Waals surface area contributed by atoms with Crippen LogP contribution < -0.4 is 4.74 Å². The highest BCUT2D eigenvalue weighted by Crippen LogP contribution is 2.37.